The Labute approximate surface area is 110 Å². The van der Waals surface area contributed by atoms with Crippen LogP contribution in [0.1, 0.15) is 18.1 Å². The lowest BCUT2D eigenvalue weighted by Crippen LogP contribution is -2.19. The zero-order valence-electron chi connectivity index (χ0n) is 11.0. The van der Waals surface area contributed by atoms with Gasteiger partial charge in [-0.25, -0.2) is 0 Å². The summed E-state index contributed by atoms with van der Waals surface area (Å²) in [5, 5.41) is 3.16. The van der Waals surface area contributed by atoms with E-state index in [1.807, 2.05) is 26.0 Å². The van der Waals surface area contributed by atoms with Crippen LogP contribution < -0.4 is 10.1 Å². The van der Waals surface area contributed by atoms with E-state index in [1.54, 1.807) is 6.07 Å². The fourth-order valence-electron chi connectivity index (χ4n) is 1.56. The lowest BCUT2D eigenvalue weighted by Gasteiger charge is -2.13. The third-order valence-corrected chi connectivity index (χ3v) is 2.39. The van der Waals surface area contributed by atoms with Crippen LogP contribution in [0.3, 0.4) is 0 Å². The molecule has 0 heterocycles. The molecule has 1 aromatic carbocycles. The van der Waals surface area contributed by atoms with Gasteiger partial charge >= 0.3 is 6.36 Å². The third-order valence-electron chi connectivity index (χ3n) is 2.39. The van der Waals surface area contributed by atoms with Crippen molar-refractivity contribution in [2.24, 2.45) is 0 Å². The van der Waals surface area contributed by atoms with Gasteiger partial charge in [-0.05, 0) is 19.5 Å². The SMILES string of the molecule is CCNCc1cc(C)ccc1OCCOC(F)(F)F. The van der Waals surface area contributed by atoms with Crippen molar-refractivity contribution in [1.29, 1.82) is 0 Å². The number of hydrogen-bond acceptors (Lipinski definition) is 3. The van der Waals surface area contributed by atoms with E-state index in [1.165, 1.54) is 0 Å². The minimum atomic E-state index is -4.61. The van der Waals surface area contributed by atoms with Crippen molar-refractivity contribution in [1.82, 2.24) is 5.32 Å². The van der Waals surface area contributed by atoms with E-state index in [0.717, 1.165) is 17.7 Å². The third kappa shape index (κ3) is 6.45. The molecule has 6 heteroatoms. The van der Waals surface area contributed by atoms with Gasteiger partial charge in [-0.15, -0.1) is 13.2 Å². The number of halogens is 3. The van der Waals surface area contributed by atoms with Gasteiger partial charge in [0.05, 0.1) is 6.61 Å². The number of benzene rings is 1. The summed E-state index contributed by atoms with van der Waals surface area (Å²) < 4.78 is 44.4. The smallest absolute Gasteiger partial charge is 0.491 e. The maximum Gasteiger partial charge on any atom is 0.522 e. The molecular weight excluding hydrogens is 259 g/mol. The maximum absolute atomic E-state index is 11.8. The Hall–Kier alpha value is -1.27. The van der Waals surface area contributed by atoms with Crippen LogP contribution in [-0.4, -0.2) is 26.1 Å². The molecule has 0 radical (unpaired) electrons. The van der Waals surface area contributed by atoms with Crippen molar-refractivity contribution < 1.29 is 22.6 Å². The first-order valence-corrected chi connectivity index (χ1v) is 6.06. The average Bonchev–Trinajstić information content (AvgIpc) is 2.32. The summed E-state index contributed by atoms with van der Waals surface area (Å²) in [5.41, 5.74) is 2.00. The minimum absolute atomic E-state index is 0.137. The fourth-order valence-corrected chi connectivity index (χ4v) is 1.56. The molecule has 108 valence electrons. The summed E-state index contributed by atoms with van der Waals surface area (Å²) in [6, 6.07) is 5.56. The summed E-state index contributed by atoms with van der Waals surface area (Å²) in [5.74, 6) is 0.581. The first-order valence-electron chi connectivity index (χ1n) is 6.06. The van der Waals surface area contributed by atoms with Crippen LogP contribution in [0.15, 0.2) is 18.2 Å². The van der Waals surface area contributed by atoms with Crippen molar-refractivity contribution in [3.8, 4) is 5.75 Å². The van der Waals surface area contributed by atoms with Crippen LogP contribution in [0.5, 0.6) is 5.75 Å². The van der Waals surface area contributed by atoms with Crippen LogP contribution in [-0.2, 0) is 11.3 Å². The molecule has 19 heavy (non-hydrogen) atoms. The Morgan fingerprint density at radius 3 is 2.58 bits per heavy atom. The molecule has 0 amide bonds. The largest absolute Gasteiger partial charge is 0.522 e. The van der Waals surface area contributed by atoms with E-state index in [9.17, 15) is 13.2 Å². The summed E-state index contributed by atoms with van der Waals surface area (Å²) >= 11 is 0. The predicted molar refractivity (Wildman–Crippen MR) is 66.1 cm³/mol. The number of alkyl halides is 3. The van der Waals surface area contributed by atoms with Gasteiger partial charge in [0.2, 0.25) is 0 Å². The van der Waals surface area contributed by atoms with Gasteiger partial charge in [0.15, 0.2) is 0 Å². The molecule has 0 spiro atoms. The van der Waals surface area contributed by atoms with Gasteiger partial charge < -0.3 is 10.1 Å². The Morgan fingerprint density at radius 1 is 1.21 bits per heavy atom. The highest BCUT2D eigenvalue weighted by Gasteiger charge is 2.28. The molecule has 0 aliphatic heterocycles. The second-order valence-electron chi connectivity index (χ2n) is 4.03. The van der Waals surface area contributed by atoms with E-state index in [4.69, 9.17) is 4.74 Å². The molecule has 1 aromatic rings. The van der Waals surface area contributed by atoms with Gasteiger partial charge in [-0.3, -0.25) is 4.74 Å². The summed E-state index contributed by atoms with van der Waals surface area (Å²) in [7, 11) is 0. The molecule has 0 aliphatic carbocycles. The second-order valence-corrected chi connectivity index (χ2v) is 4.03. The van der Waals surface area contributed by atoms with Gasteiger partial charge in [0, 0.05) is 12.1 Å². The molecule has 1 rings (SSSR count). The van der Waals surface area contributed by atoms with E-state index in [0.29, 0.717) is 12.3 Å². The fraction of sp³-hybridized carbons (Fsp3) is 0.538. The monoisotopic (exact) mass is 277 g/mol. The molecule has 3 nitrogen and oxygen atoms in total. The molecule has 1 N–H and O–H groups in total. The number of nitrogens with one attached hydrogen (secondary N) is 1. The van der Waals surface area contributed by atoms with Crippen LogP contribution in [0.4, 0.5) is 13.2 Å². The predicted octanol–water partition coefficient (Wildman–Crippen LogP) is 3.02. The summed E-state index contributed by atoms with van der Waals surface area (Å²) in [6.45, 7) is 4.71. The molecule has 0 aliphatic rings. The van der Waals surface area contributed by atoms with E-state index in [2.05, 4.69) is 10.1 Å². The number of aryl methyl sites for hydroxylation is 1. The molecular formula is C13H18F3NO2. The van der Waals surface area contributed by atoms with Crippen LogP contribution >= 0.6 is 0 Å². The summed E-state index contributed by atoms with van der Waals surface area (Å²) in [4.78, 5) is 0. The standard InChI is InChI=1S/C13H18F3NO2/c1-3-17-9-11-8-10(2)4-5-12(11)18-6-7-19-13(14,15)16/h4-5,8,17H,3,6-7,9H2,1-2H3. The topological polar surface area (TPSA) is 30.5 Å². The van der Waals surface area contributed by atoms with Crippen molar-refractivity contribution in [3.63, 3.8) is 0 Å². The van der Waals surface area contributed by atoms with Crippen molar-refractivity contribution in [2.75, 3.05) is 19.8 Å². The molecule has 0 bridgehead atoms. The molecule has 0 saturated carbocycles. The Balaban J connectivity index is 2.52. The number of rotatable bonds is 7. The lowest BCUT2D eigenvalue weighted by molar-refractivity contribution is -0.325. The van der Waals surface area contributed by atoms with Crippen molar-refractivity contribution in [2.45, 2.75) is 26.8 Å². The van der Waals surface area contributed by atoms with E-state index in [-0.39, 0.29) is 6.61 Å². The highest BCUT2D eigenvalue weighted by Crippen LogP contribution is 2.20. The van der Waals surface area contributed by atoms with Gasteiger partial charge in [-0.2, -0.15) is 0 Å². The van der Waals surface area contributed by atoms with Gasteiger partial charge in [0.25, 0.3) is 0 Å². The first kappa shape index (κ1) is 15.8. The molecule has 0 saturated heterocycles. The minimum Gasteiger partial charge on any atom is -0.491 e. The Morgan fingerprint density at radius 2 is 1.95 bits per heavy atom. The second kappa shape index (κ2) is 7.35. The Kier molecular flexibility index (Phi) is 6.11. The quantitative estimate of drug-likeness (QED) is 0.777. The normalized spacial score (nSPS) is 11.6. The van der Waals surface area contributed by atoms with E-state index < -0.39 is 13.0 Å². The highest BCUT2D eigenvalue weighted by atomic mass is 19.4. The maximum atomic E-state index is 11.8. The van der Waals surface area contributed by atoms with Crippen LogP contribution in [0.2, 0.25) is 0 Å². The number of ether oxygens (including phenoxy) is 2. The molecule has 0 fully saturated rings. The Bertz CT molecular complexity index is 394. The highest BCUT2D eigenvalue weighted by molar-refractivity contribution is 5.36. The van der Waals surface area contributed by atoms with Gasteiger partial charge in [-0.1, -0.05) is 24.6 Å². The lowest BCUT2D eigenvalue weighted by atomic mass is 10.1. The van der Waals surface area contributed by atoms with Crippen LogP contribution in [0, 0.1) is 6.92 Å². The van der Waals surface area contributed by atoms with Crippen LogP contribution in [0.25, 0.3) is 0 Å². The molecule has 0 unspecified atom stereocenters. The zero-order valence-corrected chi connectivity index (χ0v) is 11.0. The van der Waals surface area contributed by atoms with Crippen molar-refractivity contribution in [3.05, 3.63) is 29.3 Å². The van der Waals surface area contributed by atoms with Gasteiger partial charge in [0.1, 0.15) is 12.4 Å². The molecule has 0 aromatic heterocycles. The molecule has 0 atom stereocenters. The number of hydrogen-bond donors (Lipinski definition) is 1. The first-order chi connectivity index (χ1) is 8.92. The zero-order chi connectivity index (χ0) is 14.3. The summed E-state index contributed by atoms with van der Waals surface area (Å²) in [6.07, 6.45) is -4.61. The van der Waals surface area contributed by atoms with E-state index >= 15 is 0 Å². The van der Waals surface area contributed by atoms with Crippen molar-refractivity contribution >= 4 is 0 Å². The average molecular weight is 277 g/mol.